The molecule has 0 aliphatic rings. The fourth-order valence-electron chi connectivity index (χ4n) is 1.76. The van der Waals surface area contributed by atoms with Gasteiger partial charge in [0.1, 0.15) is 5.75 Å². The molecule has 0 heterocycles. The van der Waals surface area contributed by atoms with Crippen LogP contribution in [0.4, 0.5) is 0 Å². The molecule has 2 aromatic rings. The molecule has 0 aliphatic carbocycles. The van der Waals surface area contributed by atoms with Gasteiger partial charge in [-0.3, -0.25) is 4.79 Å². The molecule has 1 amide bonds. The zero-order valence-corrected chi connectivity index (χ0v) is 9.24. The monoisotopic (exact) mass is 215 g/mol. The van der Waals surface area contributed by atoms with E-state index in [1.54, 1.807) is 19.2 Å². The largest absolute Gasteiger partial charge is 0.508 e. The highest BCUT2D eigenvalue weighted by Crippen LogP contribution is 2.26. The Morgan fingerprint density at radius 3 is 2.69 bits per heavy atom. The molecule has 82 valence electrons. The van der Waals surface area contributed by atoms with Gasteiger partial charge in [-0.15, -0.1) is 0 Å². The first kappa shape index (κ1) is 10.5. The molecule has 0 spiro atoms. The van der Waals surface area contributed by atoms with Gasteiger partial charge in [-0.05, 0) is 41.5 Å². The van der Waals surface area contributed by atoms with E-state index in [1.165, 1.54) is 0 Å². The molecule has 3 heteroatoms. The summed E-state index contributed by atoms with van der Waals surface area (Å²) in [5.74, 6) is 0.174. The number of hydrogen-bond donors (Lipinski definition) is 2. The van der Waals surface area contributed by atoms with Crippen molar-refractivity contribution in [2.75, 3.05) is 7.05 Å². The maximum Gasteiger partial charge on any atom is 0.251 e. The Labute approximate surface area is 93.7 Å². The van der Waals surface area contributed by atoms with Gasteiger partial charge in [-0.1, -0.05) is 12.1 Å². The Hall–Kier alpha value is -2.03. The third-order valence-electron chi connectivity index (χ3n) is 2.75. The second kappa shape index (κ2) is 3.85. The van der Waals surface area contributed by atoms with Gasteiger partial charge in [0, 0.05) is 12.6 Å². The molecule has 0 fully saturated rings. The maximum atomic E-state index is 11.4. The average Bonchev–Trinajstić information content (AvgIpc) is 2.32. The molecule has 0 saturated heterocycles. The Morgan fingerprint density at radius 1 is 1.25 bits per heavy atom. The van der Waals surface area contributed by atoms with Crippen LogP contribution in [0, 0.1) is 6.92 Å². The lowest BCUT2D eigenvalue weighted by molar-refractivity contribution is 0.0963. The molecule has 0 saturated carbocycles. The van der Waals surface area contributed by atoms with Crippen LogP contribution in [-0.4, -0.2) is 18.1 Å². The molecule has 0 atom stereocenters. The van der Waals surface area contributed by atoms with Gasteiger partial charge in [0.25, 0.3) is 5.91 Å². The van der Waals surface area contributed by atoms with E-state index in [4.69, 9.17) is 0 Å². The molecule has 3 nitrogen and oxygen atoms in total. The van der Waals surface area contributed by atoms with Crippen molar-refractivity contribution in [2.45, 2.75) is 6.92 Å². The molecule has 0 aliphatic heterocycles. The molecular formula is C13H13NO2. The van der Waals surface area contributed by atoms with Crippen molar-refractivity contribution < 1.29 is 9.90 Å². The first-order chi connectivity index (χ1) is 7.63. The molecular weight excluding hydrogens is 202 g/mol. The normalized spacial score (nSPS) is 10.4. The van der Waals surface area contributed by atoms with E-state index in [1.807, 2.05) is 25.1 Å². The average molecular weight is 215 g/mol. The number of nitrogens with one attached hydrogen (secondary N) is 1. The Morgan fingerprint density at radius 2 is 2.00 bits per heavy atom. The number of fused-ring (bicyclic) bond motifs is 1. The topological polar surface area (TPSA) is 49.3 Å². The van der Waals surface area contributed by atoms with E-state index in [9.17, 15) is 9.90 Å². The lowest BCUT2D eigenvalue weighted by Crippen LogP contribution is -2.17. The number of benzene rings is 2. The summed E-state index contributed by atoms with van der Waals surface area (Å²) < 4.78 is 0. The van der Waals surface area contributed by atoms with Crippen LogP contribution in [0.15, 0.2) is 30.3 Å². The molecule has 0 unspecified atom stereocenters. The van der Waals surface area contributed by atoms with E-state index in [0.717, 1.165) is 16.3 Å². The molecule has 2 N–H and O–H groups in total. The van der Waals surface area contributed by atoms with Crippen molar-refractivity contribution in [1.29, 1.82) is 0 Å². The third kappa shape index (κ3) is 1.60. The maximum absolute atomic E-state index is 11.4. The fraction of sp³-hybridized carbons (Fsp3) is 0.154. The zero-order valence-electron chi connectivity index (χ0n) is 9.24. The van der Waals surface area contributed by atoms with Crippen molar-refractivity contribution in [3.8, 4) is 5.75 Å². The summed E-state index contributed by atoms with van der Waals surface area (Å²) in [6, 6.07) is 8.89. The molecule has 2 rings (SSSR count). The highest BCUT2D eigenvalue weighted by Gasteiger charge is 2.06. The second-order valence-electron chi connectivity index (χ2n) is 3.72. The van der Waals surface area contributed by atoms with Crippen LogP contribution in [0.25, 0.3) is 10.8 Å². The zero-order chi connectivity index (χ0) is 11.7. The van der Waals surface area contributed by atoms with Crippen LogP contribution >= 0.6 is 0 Å². The highest BCUT2D eigenvalue weighted by molar-refractivity contribution is 5.99. The number of rotatable bonds is 1. The van der Waals surface area contributed by atoms with Crippen LogP contribution < -0.4 is 5.32 Å². The Kier molecular flexibility index (Phi) is 2.52. The fourth-order valence-corrected chi connectivity index (χ4v) is 1.76. The van der Waals surface area contributed by atoms with Crippen LogP contribution in [0.2, 0.25) is 0 Å². The number of aryl methyl sites for hydroxylation is 1. The van der Waals surface area contributed by atoms with Gasteiger partial charge in [0.2, 0.25) is 0 Å². The van der Waals surface area contributed by atoms with E-state index in [-0.39, 0.29) is 11.7 Å². The lowest BCUT2D eigenvalue weighted by atomic mass is 10.0. The number of hydrogen-bond acceptors (Lipinski definition) is 2. The molecule has 0 radical (unpaired) electrons. The quantitative estimate of drug-likeness (QED) is 0.766. The summed E-state index contributed by atoms with van der Waals surface area (Å²) in [5.41, 5.74) is 1.46. The molecule has 0 aromatic heterocycles. The number of aromatic hydroxyl groups is 1. The summed E-state index contributed by atoms with van der Waals surface area (Å²) in [5, 5.41) is 14.1. The Bertz CT molecular complexity index is 561. The van der Waals surface area contributed by atoms with Crippen LogP contribution in [0.5, 0.6) is 5.75 Å². The number of amides is 1. The smallest absolute Gasteiger partial charge is 0.251 e. The lowest BCUT2D eigenvalue weighted by Gasteiger charge is -2.06. The van der Waals surface area contributed by atoms with E-state index in [2.05, 4.69) is 5.32 Å². The molecule has 16 heavy (non-hydrogen) atoms. The number of phenolic OH excluding ortho intramolecular Hbond substituents is 1. The van der Waals surface area contributed by atoms with Crippen LogP contribution in [0.1, 0.15) is 15.9 Å². The summed E-state index contributed by atoms with van der Waals surface area (Å²) >= 11 is 0. The van der Waals surface area contributed by atoms with Gasteiger partial charge < -0.3 is 10.4 Å². The highest BCUT2D eigenvalue weighted by atomic mass is 16.3. The number of carbonyl (C=O) groups is 1. The van der Waals surface area contributed by atoms with Crippen molar-refractivity contribution in [2.24, 2.45) is 0 Å². The number of carbonyl (C=O) groups excluding carboxylic acids is 1. The first-order valence-corrected chi connectivity index (χ1v) is 5.08. The first-order valence-electron chi connectivity index (χ1n) is 5.08. The summed E-state index contributed by atoms with van der Waals surface area (Å²) in [6.07, 6.45) is 0. The van der Waals surface area contributed by atoms with Crippen molar-refractivity contribution in [1.82, 2.24) is 5.32 Å². The standard InChI is InChI=1S/C13H13NO2/c1-8-11-5-3-10(13(16)14-2)7-9(11)4-6-12(8)15/h3-7,15H,1-2H3,(H,14,16). The predicted molar refractivity (Wildman–Crippen MR) is 63.7 cm³/mol. The van der Waals surface area contributed by atoms with Crippen molar-refractivity contribution in [3.05, 3.63) is 41.5 Å². The van der Waals surface area contributed by atoms with Gasteiger partial charge in [-0.25, -0.2) is 0 Å². The van der Waals surface area contributed by atoms with Gasteiger partial charge in [0.15, 0.2) is 0 Å². The third-order valence-corrected chi connectivity index (χ3v) is 2.75. The van der Waals surface area contributed by atoms with E-state index >= 15 is 0 Å². The van der Waals surface area contributed by atoms with Gasteiger partial charge in [0.05, 0.1) is 0 Å². The van der Waals surface area contributed by atoms with Gasteiger partial charge >= 0.3 is 0 Å². The number of phenols is 1. The SMILES string of the molecule is CNC(=O)c1ccc2c(C)c(O)ccc2c1. The van der Waals surface area contributed by atoms with Crippen molar-refractivity contribution >= 4 is 16.7 Å². The minimum atomic E-state index is -0.104. The summed E-state index contributed by atoms with van der Waals surface area (Å²) in [7, 11) is 1.61. The molecule has 2 aromatic carbocycles. The second-order valence-corrected chi connectivity index (χ2v) is 3.72. The summed E-state index contributed by atoms with van der Waals surface area (Å²) in [4.78, 5) is 11.4. The van der Waals surface area contributed by atoms with Gasteiger partial charge in [-0.2, -0.15) is 0 Å². The summed E-state index contributed by atoms with van der Waals surface area (Å²) in [6.45, 7) is 1.86. The van der Waals surface area contributed by atoms with E-state index in [0.29, 0.717) is 5.56 Å². The van der Waals surface area contributed by atoms with Crippen LogP contribution in [0.3, 0.4) is 0 Å². The minimum Gasteiger partial charge on any atom is -0.508 e. The van der Waals surface area contributed by atoms with Crippen molar-refractivity contribution in [3.63, 3.8) is 0 Å². The van der Waals surface area contributed by atoms with Crippen LogP contribution in [-0.2, 0) is 0 Å². The minimum absolute atomic E-state index is 0.104. The predicted octanol–water partition coefficient (Wildman–Crippen LogP) is 2.21. The molecule has 0 bridgehead atoms. The Balaban J connectivity index is 2.65. The van der Waals surface area contributed by atoms with E-state index < -0.39 is 0 Å².